The van der Waals surface area contributed by atoms with Crippen molar-refractivity contribution in [1.29, 1.82) is 0 Å². The summed E-state index contributed by atoms with van der Waals surface area (Å²) in [6.07, 6.45) is 12.4. The molecule has 0 fully saturated rings. The van der Waals surface area contributed by atoms with Crippen LogP contribution in [0.2, 0.25) is 0 Å². The highest BCUT2D eigenvalue weighted by atomic mass is 14.9. The van der Waals surface area contributed by atoms with Gasteiger partial charge in [-0.05, 0) is 37.9 Å². The molecule has 1 aromatic heterocycles. The van der Waals surface area contributed by atoms with Crippen molar-refractivity contribution in [2.24, 2.45) is 0 Å². The van der Waals surface area contributed by atoms with Gasteiger partial charge in [0, 0.05) is 17.9 Å². The predicted molar refractivity (Wildman–Crippen MR) is 83.4 cm³/mol. The average Bonchev–Trinajstić information content (AvgIpc) is 2.45. The Labute approximate surface area is 119 Å². The van der Waals surface area contributed by atoms with E-state index in [1.54, 1.807) is 0 Å². The summed E-state index contributed by atoms with van der Waals surface area (Å²) in [4.78, 5) is 4.40. The van der Waals surface area contributed by atoms with Gasteiger partial charge >= 0.3 is 0 Å². The number of pyridine rings is 1. The molecule has 0 aliphatic rings. The van der Waals surface area contributed by atoms with Crippen molar-refractivity contribution in [2.45, 2.75) is 71.3 Å². The molecule has 1 N–H and O–H groups in total. The highest BCUT2D eigenvalue weighted by Gasteiger charge is 2.07. The second-order valence-electron chi connectivity index (χ2n) is 5.32. The molecule has 0 aromatic carbocycles. The van der Waals surface area contributed by atoms with Crippen molar-refractivity contribution in [3.63, 3.8) is 0 Å². The summed E-state index contributed by atoms with van der Waals surface area (Å²) in [6.45, 7) is 5.54. The van der Waals surface area contributed by atoms with Gasteiger partial charge in [0.1, 0.15) is 0 Å². The van der Waals surface area contributed by atoms with Gasteiger partial charge in [-0.15, -0.1) is 0 Å². The number of aromatic nitrogens is 1. The van der Waals surface area contributed by atoms with Crippen molar-refractivity contribution < 1.29 is 0 Å². The molecule has 0 bridgehead atoms. The second-order valence-corrected chi connectivity index (χ2v) is 5.32. The molecule has 0 aliphatic heterocycles. The van der Waals surface area contributed by atoms with Crippen LogP contribution in [0.5, 0.6) is 0 Å². The molecule has 108 valence electrons. The maximum atomic E-state index is 4.40. The standard InChI is InChI=1S/C17H30N2/c1-3-5-6-7-8-11-16(18-4-2)13-14-17-12-9-10-15-19-17/h9-10,12,15-16,18H,3-8,11,13-14H2,1-2H3. The third-order valence-corrected chi connectivity index (χ3v) is 3.62. The monoisotopic (exact) mass is 262 g/mol. The predicted octanol–water partition coefficient (Wildman–Crippen LogP) is 4.35. The van der Waals surface area contributed by atoms with Gasteiger partial charge in [-0.1, -0.05) is 52.0 Å². The Balaban J connectivity index is 2.20. The van der Waals surface area contributed by atoms with Crippen LogP contribution in [-0.4, -0.2) is 17.6 Å². The molecule has 1 aromatic rings. The van der Waals surface area contributed by atoms with Gasteiger partial charge < -0.3 is 5.32 Å². The van der Waals surface area contributed by atoms with Crippen molar-refractivity contribution in [3.8, 4) is 0 Å². The van der Waals surface area contributed by atoms with Crippen LogP contribution in [0, 0.1) is 0 Å². The Bertz CT molecular complexity index is 297. The lowest BCUT2D eigenvalue weighted by molar-refractivity contribution is 0.438. The van der Waals surface area contributed by atoms with Gasteiger partial charge in [-0.3, -0.25) is 4.98 Å². The van der Waals surface area contributed by atoms with E-state index in [1.807, 2.05) is 12.3 Å². The van der Waals surface area contributed by atoms with Gasteiger partial charge in [-0.2, -0.15) is 0 Å². The number of nitrogens with one attached hydrogen (secondary N) is 1. The highest BCUT2D eigenvalue weighted by molar-refractivity contribution is 5.03. The minimum atomic E-state index is 0.661. The fraction of sp³-hybridized carbons (Fsp3) is 0.706. The van der Waals surface area contributed by atoms with Crippen LogP contribution < -0.4 is 5.32 Å². The van der Waals surface area contributed by atoms with E-state index < -0.39 is 0 Å². The van der Waals surface area contributed by atoms with Crippen molar-refractivity contribution in [1.82, 2.24) is 10.3 Å². The SMILES string of the molecule is CCCCCCCC(CCc1ccccn1)NCC. The van der Waals surface area contributed by atoms with Crippen LogP contribution in [0.3, 0.4) is 0 Å². The van der Waals surface area contributed by atoms with Crippen molar-refractivity contribution >= 4 is 0 Å². The fourth-order valence-electron chi connectivity index (χ4n) is 2.50. The molecule has 2 nitrogen and oxygen atoms in total. The Morgan fingerprint density at radius 2 is 1.89 bits per heavy atom. The summed E-state index contributed by atoms with van der Waals surface area (Å²) in [5.41, 5.74) is 1.22. The lowest BCUT2D eigenvalue weighted by Gasteiger charge is -2.17. The third-order valence-electron chi connectivity index (χ3n) is 3.62. The van der Waals surface area contributed by atoms with E-state index in [2.05, 4.69) is 36.3 Å². The van der Waals surface area contributed by atoms with Crippen LogP contribution in [0.4, 0.5) is 0 Å². The van der Waals surface area contributed by atoms with Crippen molar-refractivity contribution in [2.75, 3.05) is 6.54 Å². The zero-order valence-corrected chi connectivity index (χ0v) is 12.7. The van der Waals surface area contributed by atoms with Crippen LogP contribution >= 0.6 is 0 Å². The summed E-state index contributed by atoms with van der Waals surface area (Å²) in [5, 5.41) is 3.62. The molecule has 0 radical (unpaired) electrons. The Morgan fingerprint density at radius 1 is 1.05 bits per heavy atom. The first kappa shape index (κ1) is 16.2. The zero-order chi connectivity index (χ0) is 13.8. The maximum Gasteiger partial charge on any atom is 0.0404 e. The molecule has 0 saturated carbocycles. The number of hydrogen-bond acceptors (Lipinski definition) is 2. The van der Waals surface area contributed by atoms with Gasteiger partial charge in [0.05, 0.1) is 0 Å². The summed E-state index contributed by atoms with van der Waals surface area (Å²) in [7, 11) is 0. The molecule has 0 aliphatic carbocycles. The molecule has 19 heavy (non-hydrogen) atoms. The van der Waals surface area contributed by atoms with E-state index >= 15 is 0 Å². The normalized spacial score (nSPS) is 12.5. The molecule has 1 atom stereocenters. The van der Waals surface area contributed by atoms with E-state index in [1.165, 1.54) is 50.6 Å². The first-order valence-electron chi connectivity index (χ1n) is 8.00. The largest absolute Gasteiger partial charge is 0.314 e. The second kappa shape index (κ2) is 11.0. The van der Waals surface area contributed by atoms with E-state index in [0.717, 1.165) is 13.0 Å². The van der Waals surface area contributed by atoms with Gasteiger partial charge in [0.25, 0.3) is 0 Å². The number of hydrogen-bond donors (Lipinski definition) is 1. The van der Waals surface area contributed by atoms with Crippen LogP contribution in [0.1, 0.15) is 64.5 Å². The molecule has 0 spiro atoms. The van der Waals surface area contributed by atoms with Crippen molar-refractivity contribution in [3.05, 3.63) is 30.1 Å². The lowest BCUT2D eigenvalue weighted by atomic mass is 10.0. The number of aryl methyl sites for hydroxylation is 1. The minimum Gasteiger partial charge on any atom is -0.314 e. The highest BCUT2D eigenvalue weighted by Crippen LogP contribution is 2.11. The molecule has 1 unspecified atom stereocenters. The topological polar surface area (TPSA) is 24.9 Å². The average molecular weight is 262 g/mol. The molecular formula is C17H30N2. The first-order chi connectivity index (χ1) is 9.36. The van der Waals surface area contributed by atoms with Crippen LogP contribution in [-0.2, 0) is 6.42 Å². The summed E-state index contributed by atoms with van der Waals surface area (Å²) >= 11 is 0. The Kier molecular flexibility index (Phi) is 9.34. The summed E-state index contributed by atoms with van der Waals surface area (Å²) in [5.74, 6) is 0. The Morgan fingerprint density at radius 3 is 2.58 bits per heavy atom. The number of nitrogens with zero attached hydrogens (tertiary/aromatic N) is 1. The summed E-state index contributed by atoms with van der Waals surface area (Å²) in [6, 6.07) is 6.85. The van der Waals surface area contributed by atoms with Gasteiger partial charge in [0.2, 0.25) is 0 Å². The van der Waals surface area contributed by atoms with Crippen LogP contribution in [0.15, 0.2) is 24.4 Å². The smallest absolute Gasteiger partial charge is 0.0404 e. The van der Waals surface area contributed by atoms with E-state index in [4.69, 9.17) is 0 Å². The van der Waals surface area contributed by atoms with Crippen LogP contribution in [0.25, 0.3) is 0 Å². The van der Waals surface area contributed by atoms with E-state index in [0.29, 0.717) is 6.04 Å². The zero-order valence-electron chi connectivity index (χ0n) is 12.7. The first-order valence-corrected chi connectivity index (χ1v) is 8.00. The van der Waals surface area contributed by atoms with E-state index in [-0.39, 0.29) is 0 Å². The van der Waals surface area contributed by atoms with Gasteiger partial charge in [0.15, 0.2) is 0 Å². The Hall–Kier alpha value is -0.890. The maximum absolute atomic E-state index is 4.40. The molecule has 1 heterocycles. The number of rotatable bonds is 11. The quantitative estimate of drug-likeness (QED) is 0.600. The molecule has 1 rings (SSSR count). The molecular weight excluding hydrogens is 232 g/mol. The van der Waals surface area contributed by atoms with Gasteiger partial charge in [-0.25, -0.2) is 0 Å². The number of unbranched alkanes of at least 4 members (excludes halogenated alkanes) is 4. The fourth-order valence-corrected chi connectivity index (χ4v) is 2.50. The minimum absolute atomic E-state index is 0.661. The van der Waals surface area contributed by atoms with E-state index in [9.17, 15) is 0 Å². The molecule has 0 amide bonds. The third kappa shape index (κ3) is 7.99. The summed E-state index contributed by atoms with van der Waals surface area (Å²) < 4.78 is 0. The molecule has 0 saturated heterocycles. The molecule has 2 heteroatoms. The lowest BCUT2D eigenvalue weighted by Crippen LogP contribution is -2.29.